The van der Waals surface area contributed by atoms with Gasteiger partial charge in [0.05, 0.1) is 0 Å². The van der Waals surface area contributed by atoms with Crippen molar-refractivity contribution < 1.29 is 39.5 Å². The summed E-state index contributed by atoms with van der Waals surface area (Å²) in [6.45, 7) is 0. The summed E-state index contributed by atoms with van der Waals surface area (Å²) in [6, 6.07) is 0. The summed E-state index contributed by atoms with van der Waals surface area (Å²) >= 11 is 0. The number of carboxylic acids is 1. The summed E-state index contributed by atoms with van der Waals surface area (Å²) in [6.07, 6.45) is 4.51. The third kappa shape index (κ3) is 7.14. The molecule has 0 spiro atoms. The van der Waals surface area contributed by atoms with Gasteiger partial charge in [-0.15, -0.1) is 0 Å². The molecular formula is C8H13NaO2S2. The Morgan fingerprint density at radius 3 is 2.77 bits per heavy atom. The van der Waals surface area contributed by atoms with Gasteiger partial charge in [0, 0.05) is 17.0 Å². The van der Waals surface area contributed by atoms with E-state index in [0.717, 1.165) is 18.1 Å². The predicted molar refractivity (Wildman–Crippen MR) is 51.9 cm³/mol. The molecule has 0 N–H and O–H groups in total. The summed E-state index contributed by atoms with van der Waals surface area (Å²) in [5.41, 5.74) is 0. The van der Waals surface area contributed by atoms with E-state index >= 15 is 0 Å². The summed E-state index contributed by atoms with van der Waals surface area (Å²) < 4.78 is 0. The number of unbranched alkanes of at least 4 members (excludes halogenated alkanes) is 1. The number of carboxylic acid groups (broad SMARTS) is 1. The topological polar surface area (TPSA) is 40.1 Å². The molecule has 0 amide bonds. The van der Waals surface area contributed by atoms with Gasteiger partial charge in [0.25, 0.3) is 0 Å². The maximum absolute atomic E-state index is 10.1. The van der Waals surface area contributed by atoms with E-state index in [2.05, 4.69) is 0 Å². The van der Waals surface area contributed by atoms with Gasteiger partial charge in [-0.25, -0.2) is 0 Å². The summed E-state index contributed by atoms with van der Waals surface area (Å²) in [5, 5.41) is 10.8. The molecule has 1 saturated heterocycles. The first-order valence-electron chi connectivity index (χ1n) is 4.27. The molecule has 1 rings (SSSR count). The standard InChI is InChI=1S/C8H14O2S2.Na/c9-8(10)4-2-1-3-7-5-6-11-12-7;/h7H,1-6H2,(H,9,10);/q;+1/p-1/t7-;/m0./s1. The first-order valence-corrected chi connectivity index (χ1v) is 6.65. The Balaban J connectivity index is 0.00000144. The first kappa shape index (κ1) is 14.2. The van der Waals surface area contributed by atoms with Gasteiger partial charge in [0.15, 0.2) is 0 Å². The predicted octanol–water partition coefficient (Wildman–Crippen LogP) is -1.55. The van der Waals surface area contributed by atoms with Crippen molar-refractivity contribution >= 4 is 27.6 Å². The van der Waals surface area contributed by atoms with Crippen LogP contribution < -0.4 is 34.7 Å². The van der Waals surface area contributed by atoms with Crippen molar-refractivity contribution in [1.82, 2.24) is 0 Å². The second-order valence-corrected chi connectivity index (χ2v) is 5.73. The maximum Gasteiger partial charge on any atom is 1.00 e. The van der Waals surface area contributed by atoms with Crippen molar-refractivity contribution in [2.45, 2.75) is 37.4 Å². The Hall–Kier alpha value is 1.17. The minimum Gasteiger partial charge on any atom is -0.550 e. The fourth-order valence-electron chi connectivity index (χ4n) is 1.21. The van der Waals surface area contributed by atoms with E-state index in [1.165, 1.54) is 18.6 Å². The van der Waals surface area contributed by atoms with Crippen LogP contribution in [0.4, 0.5) is 0 Å². The van der Waals surface area contributed by atoms with Gasteiger partial charge in [-0.05, 0) is 25.7 Å². The van der Waals surface area contributed by atoms with Gasteiger partial charge < -0.3 is 9.90 Å². The zero-order valence-corrected chi connectivity index (χ0v) is 11.6. The first-order chi connectivity index (χ1) is 5.79. The van der Waals surface area contributed by atoms with E-state index in [-0.39, 0.29) is 36.0 Å². The van der Waals surface area contributed by atoms with E-state index < -0.39 is 5.97 Å². The smallest absolute Gasteiger partial charge is 0.550 e. The van der Waals surface area contributed by atoms with Crippen LogP contribution in [0.25, 0.3) is 0 Å². The number of carbonyl (C=O) groups is 1. The summed E-state index contributed by atoms with van der Waals surface area (Å²) in [5.74, 6) is 0.346. The van der Waals surface area contributed by atoms with Crippen LogP contribution >= 0.6 is 21.6 Å². The van der Waals surface area contributed by atoms with E-state index in [1.54, 1.807) is 0 Å². The molecule has 0 aromatic heterocycles. The van der Waals surface area contributed by atoms with Crippen LogP contribution in [0.2, 0.25) is 0 Å². The largest absolute Gasteiger partial charge is 1.00 e. The Morgan fingerprint density at radius 2 is 2.23 bits per heavy atom. The third-order valence-electron chi connectivity index (χ3n) is 1.88. The SMILES string of the molecule is O=C([O-])CCCC[C@H]1CCSS1.[Na+]. The minimum atomic E-state index is -0.913. The number of aliphatic carboxylic acids is 1. The van der Waals surface area contributed by atoms with Gasteiger partial charge in [0.1, 0.15) is 0 Å². The van der Waals surface area contributed by atoms with Crippen LogP contribution in [0.15, 0.2) is 0 Å². The van der Waals surface area contributed by atoms with Crippen molar-refractivity contribution in [2.24, 2.45) is 0 Å². The Labute approximate surface area is 109 Å². The van der Waals surface area contributed by atoms with Crippen molar-refractivity contribution in [2.75, 3.05) is 5.75 Å². The Kier molecular flexibility index (Phi) is 9.24. The zero-order valence-electron chi connectivity index (χ0n) is 7.95. The molecule has 0 unspecified atom stereocenters. The van der Waals surface area contributed by atoms with E-state index in [1.807, 2.05) is 21.6 Å². The van der Waals surface area contributed by atoms with Crippen molar-refractivity contribution in [3.05, 3.63) is 0 Å². The monoisotopic (exact) mass is 228 g/mol. The normalized spacial score (nSPS) is 21.1. The van der Waals surface area contributed by atoms with E-state index in [0.29, 0.717) is 0 Å². The molecule has 0 aromatic rings. The molecule has 1 heterocycles. The Morgan fingerprint density at radius 1 is 1.46 bits per heavy atom. The van der Waals surface area contributed by atoms with Gasteiger partial charge in [-0.1, -0.05) is 28.0 Å². The average Bonchev–Trinajstić information content (AvgIpc) is 2.49. The number of rotatable bonds is 5. The third-order valence-corrected chi connectivity index (χ3v) is 4.89. The summed E-state index contributed by atoms with van der Waals surface area (Å²) in [7, 11) is 3.89. The fourth-order valence-corrected chi connectivity index (χ4v) is 4.23. The van der Waals surface area contributed by atoms with E-state index in [4.69, 9.17) is 0 Å². The van der Waals surface area contributed by atoms with Crippen molar-refractivity contribution in [3.63, 3.8) is 0 Å². The average molecular weight is 228 g/mol. The molecule has 5 heteroatoms. The molecule has 0 saturated carbocycles. The molecule has 1 aliphatic heterocycles. The molecule has 1 aliphatic rings. The van der Waals surface area contributed by atoms with Gasteiger partial charge in [0.2, 0.25) is 0 Å². The Bertz CT molecular complexity index is 149. The molecular weight excluding hydrogens is 215 g/mol. The number of carbonyl (C=O) groups excluding carboxylic acids is 1. The van der Waals surface area contributed by atoms with Gasteiger partial charge in [-0.2, -0.15) is 0 Å². The van der Waals surface area contributed by atoms with E-state index in [9.17, 15) is 9.90 Å². The van der Waals surface area contributed by atoms with Gasteiger partial charge >= 0.3 is 29.6 Å². The molecule has 0 radical (unpaired) electrons. The van der Waals surface area contributed by atoms with Crippen LogP contribution in [-0.2, 0) is 4.79 Å². The summed E-state index contributed by atoms with van der Waals surface area (Å²) in [4.78, 5) is 10.1. The fraction of sp³-hybridized carbons (Fsp3) is 0.875. The molecule has 1 atom stereocenters. The van der Waals surface area contributed by atoms with Crippen LogP contribution in [0.1, 0.15) is 32.1 Å². The second-order valence-electron chi connectivity index (χ2n) is 2.95. The number of hydrogen-bond acceptors (Lipinski definition) is 4. The van der Waals surface area contributed by atoms with Crippen LogP contribution in [-0.4, -0.2) is 17.0 Å². The molecule has 1 fully saturated rings. The van der Waals surface area contributed by atoms with Gasteiger partial charge in [-0.3, -0.25) is 0 Å². The second kappa shape index (κ2) is 8.48. The minimum absolute atomic E-state index is 0. The van der Waals surface area contributed by atoms with Crippen LogP contribution in [0.3, 0.4) is 0 Å². The van der Waals surface area contributed by atoms with Crippen molar-refractivity contribution in [3.8, 4) is 0 Å². The molecule has 13 heavy (non-hydrogen) atoms. The molecule has 70 valence electrons. The quantitative estimate of drug-likeness (QED) is 0.325. The number of hydrogen-bond donors (Lipinski definition) is 0. The molecule has 0 aromatic carbocycles. The van der Waals surface area contributed by atoms with Crippen LogP contribution in [0.5, 0.6) is 0 Å². The molecule has 0 aliphatic carbocycles. The zero-order chi connectivity index (χ0) is 8.81. The molecule has 2 nitrogen and oxygen atoms in total. The molecule has 0 bridgehead atoms. The van der Waals surface area contributed by atoms with Crippen LogP contribution in [0, 0.1) is 0 Å². The maximum atomic E-state index is 10.1. The van der Waals surface area contributed by atoms with Crippen molar-refractivity contribution in [1.29, 1.82) is 0 Å².